The third-order valence-electron chi connectivity index (χ3n) is 3.63. The number of carbonyl (C=O) groups is 1. The first-order valence-corrected chi connectivity index (χ1v) is 6.63. The molecule has 0 saturated heterocycles. The van der Waals surface area contributed by atoms with Crippen LogP contribution in [0.25, 0.3) is 0 Å². The van der Waals surface area contributed by atoms with Crippen molar-refractivity contribution in [1.29, 1.82) is 0 Å². The summed E-state index contributed by atoms with van der Waals surface area (Å²) in [4.78, 5) is 11.6. The van der Waals surface area contributed by atoms with E-state index in [0.29, 0.717) is 11.8 Å². The number of amides is 1. The average molecular weight is 226 g/mol. The molecule has 1 rings (SSSR count). The van der Waals surface area contributed by atoms with Crippen LogP contribution in [0.1, 0.15) is 58.3 Å². The first kappa shape index (κ1) is 13.5. The second kappa shape index (κ2) is 6.89. The molecule has 0 aliphatic heterocycles. The molecule has 1 saturated carbocycles. The maximum Gasteiger partial charge on any atom is 0.220 e. The molecular formula is C13H26N2O. The molecule has 3 N–H and O–H groups in total. The first-order valence-electron chi connectivity index (χ1n) is 6.63. The minimum absolute atomic E-state index is 0.213. The highest BCUT2D eigenvalue weighted by molar-refractivity contribution is 5.75. The summed E-state index contributed by atoms with van der Waals surface area (Å²) < 4.78 is 0. The van der Waals surface area contributed by atoms with Crippen LogP contribution in [0.15, 0.2) is 0 Å². The van der Waals surface area contributed by atoms with E-state index in [4.69, 9.17) is 5.73 Å². The van der Waals surface area contributed by atoms with Gasteiger partial charge in [-0.3, -0.25) is 4.79 Å². The summed E-state index contributed by atoms with van der Waals surface area (Å²) in [5, 5.41) is 3.07. The molecule has 1 aliphatic carbocycles. The van der Waals surface area contributed by atoms with Crippen molar-refractivity contribution in [3.8, 4) is 0 Å². The van der Waals surface area contributed by atoms with Gasteiger partial charge in [-0.25, -0.2) is 0 Å². The smallest absolute Gasteiger partial charge is 0.220 e. The van der Waals surface area contributed by atoms with E-state index in [9.17, 15) is 4.79 Å². The molecule has 16 heavy (non-hydrogen) atoms. The molecule has 0 bridgehead atoms. The topological polar surface area (TPSA) is 55.1 Å². The lowest BCUT2D eigenvalue weighted by molar-refractivity contribution is -0.121. The Morgan fingerprint density at radius 1 is 1.25 bits per heavy atom. The first-order chi connectivity index (χ1) is 7.66. The molecule has 1 aliphatic rings. The van der Waals surface area contributed by atoms with Crippen molar-refractivity contribution in [2.75, 3.05) is 13.1 Å². The number of hydrogen-bond acceptors (Lipinski definition) is 2. The second-order valence-corrected chi connectivity index (χ2v) is 5.39. The maximum atomic E-state index is 11.6. The summed E-state index contributed by atoms with van der Waals surface area (Å²) in [5.74, 6) is 0.213. The lowest BCUT2D eigenvalue weighted by Gasteiger charge is -2.23. The van der Waals surface area contributed by atoms with Gasteiger partial charge in [0, 0.05) is 13.0 Å². The summed E-state index contributed by atoms with van der Waals surface area (Å²) in [6.07, 6.45) is 8.91. The molecule has 0 atom stereocenters. The van der Waals surface area contributed by atoms with Crippen molar-refractivity contribution in [3.05, 3.63) is 0 Å². The van der Waals surface area contributed by atoms with Gasteiger partial charge >= 0.3 is 0 Å². The van der Waals surface area contributed by atoms with Crippen LogP contribution in [-0.4, -0.2) is 19.0 Å². The van der Waals surface area contributed by atoms with Gasteiger partial charge in [-0.1, -0.05) is 26.2 Å². The zero-order valence-electron chi connectivity index (χ0n) is 10.6. The Balaban J connectivity index is 2.05. The molecule has 3 heteroatoms. The van der Waals surface area contributed by atoms with Crippen molar-refractivity contribution in [2.45, 2.75) is 58.3 Å². The molecule has 0 aromatic carbocycles. The summed E-state index contributed by atoms with van der Waals surface area (Å²) in [6.45, 7) is 3.89. The molecule has 3 nitrogen and oxygen atoms in total. The Kier molecular flexibility index (Phi) is 5.81. The summed E-state index contributed by atoms with van der Waals surface area (Å²) >= 11 is 0. The van der Waals surface area contributed by atoms with Crippen LogP contribution in [-0.2, 0) is 4.79 Å². The summed E-state index contributed by atoms with van der Waals surface area (Å²) in [6, 6.07) is 0. The number of carbonyl (C=O) groups excluding carboxylic acids is 1. The van der Waals surface area contributed by atoms with Crippen LogP contribution < -0.4 is 11.1 Å². The van der Waals surface area contributed by atoms with Crippen LogP contribution in [0.2, 0.25) is 0 Å². The molecule has 0 aromatic rings. The fourth-order valence-corrected chi connectivity index (χ4v) is 2.41. The summed E-state index contributed by atoms with van der Waals surface area (Å²) in [5.41, 5.74) is 5.77. The van der Waals surface area contributed by atoms with Crippen LogP contribution in [0.4, 0.5) is 0 Å². The van der Waals surface area contributed by atoms with Crippen molar-refractivity contribution in [2.24, 2.45) is 11.1 Å². The van der Waals surface area contributed by atoms with Gasteiger partial charge in [-0.2, -0.15) is 0 Å². The fraction of sp³-hybridized carbons (Fsp3) is 0.923. The van der Waals surface area contributed by atoms with Crippen molar-refractivity contribution >= 4 is 5.91 Å². The largest absolute Gasteiger partial charge is 0.356 e. The van der Waals surface area contributed by atoms with Crippen molar-refractivity contribution < 1.29 is 4.79 Å². The Hall–Kier alpha value is -0.570. The van der Waals surface area contributed by atoms with Crippen LogP contribution in [0, 0.1) is 5.41 Å². The lowest BCUT2D eigenvalue weighted by Crippen LogP contribution is -2.33. The average Bonchev–Trinajstić information content (AvgIpc) is 2.70. The Morgan fingerprint density at radius 3 is 2.56 bits per heavy atom. The van der Waals surface area contributed by atoms with E-state index in [0.717, 1.165) is 32.4 Å². The fourth-order valence-electron chi connectivity index (χ4n) is 2.41. The Labute approximate surface area is 99.2 Å². The molecule has 0 heterocycles. The molecule has 1 amide bonds. The molecule has 0 spiro atoms. The van der Waals surface area contributed by atoms with E-state index >= 15 is 0 Å². The van der Waals surface area contributed by atoms with Crippen LogP contribution >= 0.6 is 0 Å². The number of unbranched alkanes of at least 4 members (excludes halogenated alkanes) is 2. The maximum absolute atomic E-state index is 11.6. The predicted octanol–water partition coefficient (Wildman–Crippen LogP) is 2.20. The molecule has 94 valence electrons. The van der Waals surface area contributed by atoms with Gasteiger partial charge in [0.1, 0.15) is 0 Å². The predicted molar refractivity (Wildman–Crippen MR) is 67.1 cm³/mol. The lowest BCUT2D eigenvalue weighted by atomic mass is 9.89. The van der Waals surface area contributed by atoms with Gasteiger partial charge < -0.3 is 11.1 Å². The monoisotopic (exact) mass is 226 g/mol. The Morgan fingerprint density at radius 2 is 1.94 bits per heavy atom. The zero-order chi connectivity index (χ0) is 11.9. The Bertz CT molecular complexity index is 210. The van der Waals surface area contributed by atoms with Gasteiger partial charge in [0.2, 0.25) is 5.91 Å². The number of hydrogen-bond donors (Lipinski definition) is 2. The van der Waals surface area contributed by atoms with Gasteiger partial charge in [-0.15, -0.1) is 0 Å². The van der Waals surface area contributed by atoms with E-state index in [-0.39, 0.29) is 5.91 Å². The molecule has 0 unspecified atom stereocenters. The standard InChI is InChI=1S/C13H26N2O/c1-13(8-4-5-9-13)11-15-12(16)7-3-2-6-10-14/h2-11,14H2,1H3,(H,15,16). The highest BCUT2D eigenvalue weighted by atomic mass is 16.1. The van der Waals surface area contributed by atoms with Crippen molar-refractivity contribution in [1.82, 2.24) is 5.32 Å². The van der Waals surface area contributed by atoms with Gasteiger partial charge in [-0.05, 0) is 37.6 Å². The number of nitrogens with one attached hydrogen (secondary N) is 1. The van der Waals surface area contributed by atoms with E-state index < -0.39 is 0 Å². The third kappa shape index (κ3) is 4.97. The summed E-state index contributed by atoms with van der Waals surface area (Å²) in [7, 11) is 0. The van der Waals surface area contributed by atoms with E-state index in [2.05, 4.69) is 12.2 Å². The van der Waals surface area contributed by atoms with Gasteiger partial charge in [0.25, 0.3) is 0 Å². The number of rotatable bonds is 7. The van der Waals surface area contributed by atoms with Crippen LogP contribution in [0.3, 0.4) is 0 Å². The number of nitrogens with two attached hydrogens (primary N) is 1. The highest BCUT2D eigenvalue weighted by Gasteiger charge is 2.28. The highest BCUT2D eigenvalue weighted by Crippen LogP contribution is 2.36. The molecule has 0 radical (unpaired) electrons. The van der Waals surface area contributed by atoms with Crippen LogP contribution in [0.5, 0.6) is 0 Å². The SMILES string of the molecule is CC1(CNC(=O)CCCCCN)CCCC1. The molecular weight excluding hydrogens is 200 g/mol. The minimum Gasteiger partial charge on any atom is -0.356 e. The molecule has 0 aromatic heterocycles. The third-order valence-corrected chi connectivity index (χ3v) is 3.63. The van der Waals surface area contributed by atoms with E-state index in [1.165, 1.54) is 25.7 Å². The normalized spacial score (nSPS) is 18.6. The second-order valence-electron chi connectivity index (χ2n) is 5.39. The molecule has 1 fully saturated rings. The minimum atomic E-state index is 0.213. The van der Waals surface area contributed by atoms with Gasteiger partial charge in [0.15, 0.2) is 0 Å². The van der Waals surface area contributed by atoms with Gasteiger partial charge in [0.05, 0.1) is 0 Å². The van der Waals surface area contributed by atoms with E-state index in [1.807, 2.05) is 0 Å². The van der Waals surface area contributed by atoms with E-state index in [1.54, 1.807) is 0 Å². The quantitative estimate of drug-likeness (QED) is 0.654. The zero-order valence-corrected chi connectivity index (χ0v) is 10.6. The van der Waals surface area contributed by atoms with Crippen molar-refractivity contribution in [3.63, 3.8) is 0 Å².